The molecular formula is C21H9F6NO2. The van der Waals surface area contributed by atoms with E-state index in [2.05, 4.69) is 4.74 Å². The molecule has 0 unspecified atom stereocenters. The Balaban J connectivity index is 1.99. The van der Waals surface area contributed by atoms with Crippen LogP contribution in [0.3, 0.4) is 0 Å². The zero-order chi connectivity index (χ0) is 22.2. The molecule has 3 aromatic carbocycles. The molecule has 30 heavy (non-hydrogen) atoms. The minimum Gasteiger partial charge on any atom is -0.423 e. The molecule has 0 aliphatic carbocycles. The first kappa shape index (κ1) is 20.9. The number of esters is 1. The number of carbonyl (C=O) groups is 1. The van der Waals surface area contributed by atoms with E-state index in [1.165, 1.54) is 13.0 Å². The highest BCUT2D eigenvalue weighted by Crippen LogP contribution is 2.30. The highest BCUT2D eigenvalue weighted by molar-refractivity contribution is 5.92. The molecular weight excluding hydrogens is 412 g/mol. The fourth-order valence-electron chi connectivity index (χ4n) is 2.76. The van der Waals surface area contributed by atoms with Crippen LogP contribution in [0, 0.1) is 53.2 Å². The summed E-state index contributed by atoms with van der Waals surface area (Å²) in [6.07, 6.45) is 0. The number of benzene rings is 3. The lowest BCUT2D eigenvalue weighted by atomic mass is 10.0. The average molecular weight is 421 g/mol. The normalized spacial score (nSPS) is 10.6. The van der Waals surface area contributed by atoms with Gasteiger partial charge < -0.3 is 4.74 Å². The van der Waals surface area contributed by atoms with E-state index in [0.717, 1.165) is 12.1 Å². The number of hydrogen-bond acceptors (Lipinski definition) is 3. The molecule has 0 saturated heterocycles. The van der Waals surface area contributed by atoms with Gasteiger partial charge in [-0.3, -0.25) is 0 Å². The summed E-state index contributed by atoms with van der Waals surface area (Å²) in [6.45, 7) is 1.42. The van der Waals surface area contributed by atoms with Gasteiger partial charge >= 0.3 is 5.97 Å². The highest BCUT2D eigenvalue weighted by atomic mass is 19.2. The van der Waals surface area contributed by atoms with Crippen molar-refractivity contribution in [2.24, 2.45) is 0 Å². The standard InChI is InChI=1S/C21H9F6NO2/c1-9-2-15(24)19(16(25)3-9)10-4-17(26)20(18(27)5-10)21(29)30-11-6-13(22)12(8-28)14(23)7-11/h2-7H,1H3. The molecule has 3 rings (SSSR count). The molecule has 0 bridgehead atoms. The van der Waals surface area contributed by atoms with Crippen LogP contribution in [-0.2, 0) is 0 Å². The summed E-state index contributed by atoms with van der Waals surface area (Å²) in [6, 6.07) is 5.20. The van der Waals surface area contributed by atoms with Gasteiger partial charge in [0.1, 0.15) is 57.8 Å². The maximum Gasteiger partial charge on any atom is 0.349 e. The predicted octanol–water partition coefficient (Wildman–Crippen LogP) is 5.59. The Bertz CT molecular complexity index is 1160. The third-order valence-corrected chi connectivity index (χ3v) is 4.06. The predicted molar refractivity (Wildman–Crippen MR) is 92.5 cm³/mol. The number of hydrogen-bond donors (Lipinski definition) is 0. The van der Waals surface area contributed by atoms with E-state index >= 15 is 0 Å². The molecule has 0 atom stereocenters. The van der Waals surface area contributed by atoms with E-state index in [-0.39, 0.29) is 5.56 Å². The summed E-state index contributed by atoms with van der Waals surface area (Å²) in [5.74, 6) is -10.2. The first-order chi connectivity index (χ1) is 14.1. The number of ether oxygens (including phenoxy) is 1. The molecule has 0 fully saturated rings. The van der Waals surface area contributed by atoms with Crippen molar-refractivity contribution < 1.29 is 35.9 Å². The Morgan fingerprint density at radius 2 is 1.30 bits per heavy atom. The second-order valence-corrected chi connectivity index (χ2v) is 6.18. The summed E-state index contributed by atoms with van der Waals surface area (Å²) in [5.41, 5.74) is -3.13. The van der Waals surface area contributed by atoms with Gasteiger partial charge in [-0.05, 0) is 42.3 Å². The minimum atomic E-state index is -1.65. The van der Waals surface area contributed by atoms with Crippen molar-refractivity contribution in [2.75, 3.05) is 0 Å². The van der Waals surface area contributed by atoms with Gasteiger partial charge in [0.2, 0.25) is 0 Å². The third kappa shape index (κ3) is 3.85. The van der Waals surface area contributed by atoms with Gasteiger partial charge in [-0.2, -0.15) is 5.26 Å². The molecule has 0 spiro atoms. The molecule has 0 N–H and O–H groups in total. The fourth-order valence-corrected chi connectivity index (χ4v) is 2.76. The largest absolute Gasteiger partial charge is 0.423 e. The zero-order valence-electron chi connectivity index (χ0n) is 15.0. The highest BCUT2D eigenvalue weighted by Gasteiger charge is 2.24. The van der Waals surface area contributed by atoms with Crippen LogP contribution in [0.1, 0.15) is 21.5 Å². The summed E-state index contributed by atoms with van der Waals surface area (Å²) in [4.78, 5) is 12.1. The zero-order valence-corrected chi connectivity index (χ0v) is 15.0. The fraction of sp³-hybridized carbons (Fsp3) is 0.0476. The molecule has 0 heterocycles. The van der Waals surface area contributed by atoms with E-state index in [9.17, 15) is 31.1 Å². The Hall–Kier alpha value is -3.80. The van der Waals surface area contributed by atoms with Crippen molar-refractivity contribution in [3.05, 3.63) is 88.0 Å². The second kappa shape index (κ2) is 7.91. The average Bonchev–Trinajstić information content (AvgIpc) is 2.60. The third-order valence-electron chi connectivity index (χ3n) is 4.06. The van der Waals surface area contributed by atoms with Gasteiger partial charge in [0.25, 0.3) is 0 Å². The maximum absolute atomic E-state index is 14.4. The van der Waals surface area contributed by atoms with Crippen molar-refractivity contribution in [2.45, 2.75) is 6.92 Å². The SMILES string of the molecule is Cc1cc(F)c(-c2cc(F)c(C(=O)Oc3cc(F)c(C#N)c(F)c3)c(F)c2)c(F)c1. The monoisotopic (exact) mass is 421 g/mol. The Labute approximate surface area is 165 Å². The van der Waals surface area contributed by atoms with Crippen LogP contribution >= 0.6 is 0 Å². The summed E-state index contributed by atoms with van der Waals surface area (Å²) >= 11 is 0. The maximum atomic E-state index is 14.4. The van der Waals surface area contributed by atoms with Crippen LogP contribution in [-0.4, -0.2) is 5.97 Å². The van der Waals surface area contributed by atoms with Gasteiger partial charge in [0.05, 0.1) is 5.56 Å². The number of nitriles is 1. The van der Waals surface area contributed by atoms with Crippen molar-refractivity contribution in [1.82, 2.24) is 0 Å². The van der Waals surface area contributed by atoms with E-state index < -0.39 is 68.9 Å². The van der Waals surface area contributed by atoms with Crippen LogP contribution in [0.4, 0.5) is 26.3 Å². The van der Waals surface area contributed by atoms with Crippen molar-refractivity contribution in [3.8, 4) is 22.9 Å². The molecule has 0 saturated carbocycles. The Morgan fingerprint density at radius 3 is 1.77 bits per heavy atom. The lowest BCUT2D eigenvalue weighted by molar-refractivity contribution is 0.0724. The van der Waals surface area contributed by atoms with Gasteiger partial charge in [-0.1, -0.05) is 0 Å². The van der Waals surface area contributed by atoms with Gasteiger partial charge in [-0.25, -0.2) is 31.1 Å². The molecule has 0 aliphatic heterocycles. The molecule has 0 amide bonds. The summed E-state index contributed by atoms with van der Waals surface area (Å²) < 4.78 is 88.7. The minimum absolute atomic E-state index is 0.247. The summed E-state index contributed by atoms with van der Waals surface area (Å²) in [7, 11) is 0. The topological polar surface area (TPSA) is 50.1 Å². The number of carbonyl (C=O) groups excluding carboxylic acids is 1. The van der Waals surface area contributed by atoms with Gasteiger partial charge in [0.15, 0.2) is 0 Å². The second-order valence-electron chi connectivity index (χ2n) is 6.18. The quantitative estimate of drug-likeness (QED) is 0.315. The molecule has 0 aliphatic rings. The first-order valence-corrected chi connectivity index (χ1v) is 8.18. The Kier molecular flexibility index (Phi) is 5.52. The molecule has 3 nitrogen and oxygen atoms in total. The van der Waals surface area contributed by atoms with Crippen molar-refractivity contribution >= 4 is 5.97 Å². The molecule has 0 aromatic heterocycles. The first-order valence-electron chi connectivity index (χ1n) is 8.18. The van der Waals surface area contributed by atoms with Crippen LogP contribution in [0.25, 0.3) is 11.1 Å². The lowest BCUT2D eigenvalue weighted by Gasteiger charge is -2.11. The molecule has 3 aromatic rings. The lowest BCUT2D eigenvalue weighted by Crippen LogP contribution is -2.14. The number of aryl methyl sites for hydroxylation is 1. The van der Waals surface area contributed by atoms with E-state index in [0.29, 0.717) is 24.3 Å². The number of halogens is 6. The van der Waals surface area contributed by atoms with E-state index in [1.807, 2.05) is 0 Å². The van der Waals surface area contributed by atoms with E-state index in [1.54, 1.807) is 0 Å². The number of rotatable bonds is 3. The van der Waals surface area contributed by atoms with E-state index in [4.69, 9.17) is 5.26 Å². The summed E-state index contributed by atoms with van der Waals surface area (Å²) in [5, 5.41) is 8.61. The number of nitrogens with zero attached hydrogens (tertiary/aromatic N) is 1. The Morgan fingerprint density at radius 1 is 0.800 bits per heavy atom. The smallest absolute Gasteiger partial charge is 0.349 e. The van der Waals surface area contributed by atoms with Gasteiger partial charge in [-0.15, -0.1) is 0 Å². The van der Waals surface area contributed by atoms with Crippen molar-refractivity contribution in [3.63, 3.8) is 0 Å². The molecule has 9 heteroatoms. The molecule has 152 valence electrons. The van der Waals surface area contributed by atoms with Crippen LogP contribution in [0.15, 0.2) is 36.4 Å². The van der Waals surface area contributed by atoms with Crippen LogP contribution < -0.4 is 4.74 Å². The van der Waals surface area contributed by atoms with Gasteiger partial charge in [0, 0.05) is 12.1 Å². The van der Waals surface area contributed by atoms with Crippen LogP contribution in [0.5, 0.6) is 5.75 Å². The van der Waals surface area contributed by atoms with Crippen LogP contribution in [0.2, 0.25) is 0 Å². The van der Waals surface area contributed by atoms with Crippen molar-refractivity contribution in [1.29, 1.82) is 5.26 Å². The molecule has 0 radical (unpaired) electrons.